The molecule has 1 atom stereocenters. The lowest BCUT2D eigenvalue weighted by Gasteiger charge is -2.32. The molecule has 1 unspecified atom stereocenters. The van der Waals surface area contributed by atoms with Crippen LogP contribution in [0.4, 0.5) is 0 Å². The van der Waals surface area contributed by atoms with Crippen molar-refractivity contribution in [2.75, 3.05) is 0 Å². The van der Waals surface area contributed by atoms with Crippen LogP contribution in [0.3, 0.4) is 0 Å². The summed E-state index contributed by atoms with van der Waals surface area (Å²) in [6.45, 7) is 7.37. The van der Waals surface area contributed by atoms with Crippen molar-refractivity contribution < 1.29 is 0 Å². The maximum Gasteiger partial charge on any atom is 0.109 e. The molecule has 0 radical (unpaired) electrons. The minimum Gasteiger partial charge on any atom is -0.0786 e. The first kappa shape index (κ1) is 17.2. The zero-order valence-electron chi connectivity index (χ0n) is 16.0. The summed E-state index contributed by atoms with van der Waals surface area (Å²) in [7, 11) is -1.76. The molecule has 0 aromatic heterocycles. The maximum atomic E-state index is 3.99. The third-order valence-corrected chi connectivity index (χ3v) is 11.2. The summed E-state index contributed by atoms with van der Waals surface area (Å²) in [5.41, 5.74) is 10.0. The first-order valence-electron chi connectivity index (χ1n) is 9.64. The van der Waals surface area contributed by atoms with Crippen LogP contribution in [0.5, 0.6) is 0 Å². The molecular formula is C25H23BrSi. The Bertz CT molecular complexity index is 1090. The Labute approximate surface area is 171 Å². The number of allylic oxidation sites excluding steroid dienone is 6. The monoisotopic (exact) mass is 430 g/mol. The number of hydrogen-bond acceptors (Lipinski definition) is 0. The Kier molecular flexibility index (Phi) is 3.86. The van der Waals surface area contributed by atoms with Crippen molar-refractivity contribution in [2.24, 2.45) is 0 Å². The number of fused-ring (bicyclic) bond motifs is 3. The molecule has 3 aliphatic carbocycles. The van der Waals surface area contributed by atoms with E-state index in [0.717, 1.165) is 6.42 Å². The molecule has 0 nitrogen and oxygen atoms in total. The fourth-order valence-electron chi connectivity index (χ4n) is 4.97. The van der Waals surface area contributed by atoms with Gasteiger partial charge in [0.1, 0.15) is 8.07 Å². The molecule has 0 spiro atoms. The molecular weight excluding hydrogens is 408 g/mol. The zero-order chi connectivity index (χ0) is 18.8. The quantitative estimate of drug-likeness (QED) is 0.348. The summed E-state index contributed by atoms with van der Waals surface area (Å²) in [6.07, 6.45) is 8.45. The molecule has 0 saturated carbocycles. The Hall–Kier alpha value is -1.90. The minimum absolute atomic E-state index is 0.292. The highest BCUT2D eigenvalue weighted by molar-refractivity contribution is 9.09. The summed E-state index contributed by atoms with van der Waals surface area (Å²) < 4.78 is 0. The van der Waals surface area contributed by atoms with Gasteiger partial charge in [0.05, 0.1) is 4.83 Å². The molecule has 2 aromatic rings. The van der Waals surface area contributed by atoms with E-state index in [0.29, 0.717) is 4.83 Å². The molecule has 5 rings (SSSR count). The largest absolute Gasteiger partial charge is 0.109 e. The van der Waals surface area contributed by atoms with Gasteiger partial charge in [-0.05, 0) is 58.0 Å². The molecule has 0 N–H and O–H groups in total. The number of benzene rings is 2. The van der Waals surface area contributed by atoms with Gasteiger partial charge in [-0.25, -0.2) is 0 Å². The Morgan fingerprint density at radius 1 is 0.889 bits per heavy atom. The van der Waals surface area contributed by atoms with Gasteiger partial charge in [0, 0.05) is 0 Å². The van der Waals surface area contributed by atoms with Crippen molar-refractivity contribution in [2.45, 2.75) is 31.3 Å². The van der Waals surface area contributed by atoms with Gasteiger partial charge in [-0.1, -0.05) is 100 Å². The second-order valence-electron chi connectivity index (χ2n) is 8.38. The van der Waals surface area contributed by atoms with Crippen molar-refractivity contribution in [3.63, 3.8) is 0 Å². The van der Waals surface area contributed by atoms with E-state index in [2.05, 4.69) is 103 Å². The number of alkyl halides is 1. The van der Waals surface area contributed by atoms with Crippen molar-refractivity contribution in [3.05, 3.63) is 104 Å². The summed E-state index contributed by atoms with van der Waals surface area (Å²) in [5.74, 6) is 0. The lowest BCUT2D eigenvalue weighted by molar-refractivity contribution is 1.14. The van der Waals surface area contributed by atoms with E-state index in [1.165, 1.54) is 39.0 Å². The summed E-state index contributed by atoms with van der Waals surface area (Å²) in [6, 6.07) is 17.6. The Morgan fingerprint density at radius 2 is 1.59 bits per heavy atom. The van der Waals surface area contributed by atoms with Gasteiger partial charge >= 0.3 is 0 Å². The normalized spacial score (nSPS) is 20.6. The van der Waals surface area contributed by atoms with Crippen LogP contribution in [0.15, 0.2) is 81.7 Å². The maximum absolute atomic E-state index is 3.99. The van der Waals surface area contributed by atoms with Crippen LogP contribution >= 0.6 is 15.9 Å². The average Bonchev–Trinajstić information content (AvgIpc) is 3.23. The Balaban J connectivity index is 1.60. The van der Waals surface area contributed by atoms with E-state index in [-0.39, 0.29) is 0 Å². The van der Waals surface area contributed by atoms with E-state index in [4.69, 9.17) is 0 Å². The molecule has 3 aliphatic rings. The van der Waals surface area contributed by atoms with Crippen LogP contribution in [0.1, 0.15) is 34.0 Å². The lowest BCUT2D eigenvalue weighted by atomic mass is 9.89. The molecule has 0 saturated heterocycles. The molecule has 2 aromatic carbocycles. The van der Waals surface area contributed by atoms with Crippen LogP contribution in [0.2, 0.25) is 13.1 Å². The van der Waals surface area contributed by atoms with Crippen molar-refractivity contribution >= 4 is 36.2 Å². The van der Waals surface area contributed by atoms with Crippen LogP contribution in [-0.2, 0) is 6.42 Å². The predicted molar refractivity (Wildman–Crippen MR) is 122 cm³/mol. The highest BCUT2D eigenvalue weighted by Crippen LogP contribution is 2.52. The van der Waals surface area contributed by atoms with Gasteiger partial charge in [-0.15, -0.1) is 0 Å². The molecule has 0 amide bonds. The van der Waals surface area contributed by atoms with Gasteiger partial charge in [0.2, 0.25) is 0 Å². The highest BCUT2D eigenvalue weighted by atomic mass is 79.9. The molecule has 0 heterocycles. The first-order valence-corrected chi connectivity index (χ1v) is 13.6. The predicted octanol–water partition coefficient (Wildman–Crippen LogP) is 7.20. The van der Waals surface area contributed by atoms with Gasteiger partial charge in [0.15, 0.2) is 0 Å². The molecule has 0 fully saturated rings. The smallest absolute Gasteiger partial charge is 0.0786 e. The fraction of sp³-hybridized carbons (Fsp3) is 0.200. The summed E-state index contributed by atoms with van der Waals surface area (Å²) in [4.78, 5) is 0.292. The summed E-state index contributed by atoms with van der Waals surface area (Å²) in [5, 5.41) is 3.27. The molecule has 27 heavy (non-hydrogen) atoms. The molecule has 0 aliphatic heterocycles. The van der Waals surface area contributed by atoms with Gasteiger partial charge in [-0.2, -0.15) is 0 Å². The van der Waals surface area contributed by atoms with Crippen LogP contribution < -0.4 is 0 Å². The molecule has 134 valence electrons. The highest BCUT2D eigenvalue weighted by Gasteiger charge is 2.41. The van der Waals surface area contributed by atoms with E-state index >= 15 is 0 Å². The zero-order valence-corrected chi connectivity index (χ0v) is 18.6. The third-order valence-electron chi connectivity index (χ3n) is 6.38. The fourth-order valence-corrected chi connectivity index (χ4v) is 9.19. The van der Waals surface area contributed by atoms with E-state index in [1.807, 2.05) is 0 Å². The van der Waals surface area contributed by atoms with Gasteiger partial charge < -0.3 is 0 Å². The van der Waals surface area contributed by atoms with Crippen LogP contribution in [0, 0.1) is 0 Å². The van der Waals surface area contributed by atoms with E-state index < -0.39 is 8.07 Å². The number of rotatable bonds is 2. The van der Waals surface area contributed by atoms with E-state index in [9.17, 15) is 0 Å². The van der Waals surface area contributed by atoms with Crippen molar-refractivity contribution in [3.8, 4) is 0 Å². The second kappa shape index (κ2) is 6.05. The van der Waals surface area contributed by atoms with Crippen LogP contribution in [0.25, 0.3) is 12.2 Å². The van der Waals surface area contributed by atoms with E-state index in [1.54, 1.807) is 10.4 Å². The molecule has 2 heteroatoms. The third kappa shape index (κ3) is 2.54. The molecule has 0 bridgehead atoms. The lowest BCUT2D eigenvalue weighted by Crippen LogP contribution is -2.34. The number of halogens is 1. The topological polar surface area (TPSA) is 0 Å². The number of hydrogen-bond donors (Lipinski definition) is 0. The average molecular weight is 431 g/mol. The van der Waals surface area contributed by atoms with Gasteiger partial charge in [0.25, 0.3) is 0 Å². The van der Waals surface area contributed by atoms with Crippen LogP contribution in [-0.4, -0.2) is 8.07 Å². The minimum atomic E-state index is -1.76. The standard InChI is InChI=1S/C25H23BrSi/c1-16-12-22-23(15-19-10-6-7-11-21(19)24(22)26)25(16)27(2,3)20-13-17-8-4-5-9-18(17)14-20/h4-13,15,24H,14H2,1-3H3. The van der Waals surface area contributed by atoms with Crippen molar-refractivity contribution in [1.82, 2.24) is 0 Å². The first-order chi connectivity index (χ1) is 13.0. The Morgan fingerprint density at radius 3 is 2.37 bits per heavy atom. The SMILES string of the molecule is CC1=C([Si](C)(C)C2=Cc3ccccc3C2)C2=Cc3ccccc3C(Br)C2=C1. The second-order valence-corrected chi connectivity index (χ2v) is 13.7. The van der Waals surface area contributed by atoms with Crippen molar-refractivity contribution in [1.29, 1.82) is 0 Å². The van der Waals surface area contributed by atoms with Gasteiger partial charge in [-0.3, -0.25) is 0 Å². The summed E-state index contributed by atoms with van der Waals surface area (Å²) >= 11 is 3.99.